The summed E-state index contributed by atoms with van der Waals surface area (Å²) >= 11 is 0. The topological polar surface area (TPSA) is 109 Å². The molecule has 0 radical (unpaired) electrons. The van der Waals surface area contributed by atoms with Gasteiger partial charge in [-0.05, 0) is 20.3 Å². The number of aromatic nitrogens is 3. The van der Waals surface area contributed by atoms with Gasteiger partial charge in [0, 0.05) is 25.8 Å². The molecule has 0 aromatic carbocycles. The zero-order chi connectivity index (χ0) is 14.3. The molecular formula is C11H19N5O3. The first-order valence-corrected chi connectivity index (χ1v) is 6.01. The van der Waals surface area contributed by atoms with Crippen LogP contribution in [0, 0.1) is 5.41 Å². The van der Waals surface area contributed by atoms with E-state index in [0.717, 1.165) is 6.42 Å². The number of rotatable bonds is 7. The van der Waals surface area contributed by atoms with E-state index in [1.165, 1.54) is 0 Å². The van der Waals surface area contributed by atoms with Gasteiger partial charge in [0.25, 0.3) is 0 Å². The number of urea groups is 1. The monoisotopic (exact) mass is 269 g/mol. The number of carbonyl (C=O) groups excluding carboxylic acids is 1. The van der Waals surface area contributed by atoms with Gasteiger partial charge in [0.15, 0.2) is 0 Å². The minimum Gasteiger partial charge on any atom is -0.481 e. The highest BCUT2D eigenvalue weighted by molar-refractivity contribution is 5.77. The van der Waals surface area contributed by atoms with E-state index in [1.807, 2.05) is 0 Å². The molecule has 0 bridgehead atoms. The lowest BCUT2D eigenvalue weighted by molar-refractivity contribution is -0.146. The van der Waals surface area contributed by atoms with Crippen molar-refractivity contribution in [1.29, 1.82) is 0 Å². The number of aryl methyl sites for hydroxylation is 1. The Bertz CT molecular complexity index is 416. The summed E-state index contributed by atoms with van der Waals surface area (Å²) in [4.78, 5) is 22.3. The van der Waals surface area contributed by atoms with Gasteiger partial charge < -0.3 is 15.7 Å². The number of carboxylic acid groups (broad SMARTS) is 1. The molecule has 19 heavy (non-hydrogen) atoms. The van der Waals surface area contributed by atoms with E-state index < -0.39 is 11.4 Å². The molecule has 0 atom stereocenters. The Morgan fingerprint density at radius 1 is 1.37 bits per heavy atom. The molecule has 0 aliphatic carbocycles. The van der Waals surface area contributed by atoms with Crippen LogP contribution in [0.2, 0.25) is 0 Å². The van der Waals surface area contributed by atoms with Crippen molar-refractivity contribution in [2.75, 3.05) is 13.1 Å². The minimum absolute atomic E-state index is 0.0806. The first-order chi connectivity index (χ1) is 8.92. The fourth-order valence-electron chi connectivity index (χ4n) is 1.23. The van der Waals surface area contributed by atoms with Gasteiger partial charge in [-0.15, -0.1) is 5.10 Å². The molecule has 1 heterocycles. The van der Waals surface area contributed by atoms with Crippen molar-refractivity contribution in [2.24, 2.45) is 5.41 Å². The van der Waals surface area contributed by atoms with Crippen LogP contribution in [0.3, 0.4) is 0 Å². The van der Waals surface area contributed by atoms with Crippen LogP contribution in [0.4, 0.5) is 4.79 Å². The van der Waals surface area contributed by atoms with Crippen LogP contribution in [-0.4, -0.2) is 45.2 Å². The lowest BCUT2D eigenvalue weighted by Gasteiger charge is -2.19. The summed E-state index contributed by atoms with van der Waals surface area (Å²) < 4.78 is 1.67. The molecule has 106 valence electrons. The first-order valence-electron chi connectivity index (χ1n) is 6.01. The number of nitrogens with zero attached hydrogens (tertiary/aromatic N) is 3. The summed E-state index contributed by atoms with van der Waals surface area (Å²) in [5.41, 5.74) is -0.974. The molecule has 8 nitrogen and oxygen atoms in total. The fraction of sp³-hybridized carbons (Fsp3) is 0.636. The smallest absolute Gasteiger partial charge is 0.314 e. The van der Waals surface area contributed by atoms with E-state index in [-0.39, 0.29) is 12.6 Å². The first kappa shape index (κ1) is 14.9. The summed E-state index contributed by atoms with van der Waals surface area (Å²) in [5, 5.41) is 21.5. The van der Waals surface area contributed by atoms with Gasteiger partial charge in [-0.25, -0.2) is 4.79 Å². The van der Waals surface area contributed by atoms with Crippen LogP contribution in [0.1, 0.15) is 20.3 Å². The van der Waals surface area contributed by atoms with E-state index in [2.05, 4.69) is 20.9 Å². The molecule has 0 aliphatic rings. The van der Waals surface area contributed by atoms with Crippen molar-refractivity contribution in [3.05, 3.63) is 12.4 Å². The Balaban J connectivity index is 2.13. The third-order valence-corrected chi connectivity index (χ3v) is 2.59. The average Bonchev–Trinajstić information content (AvgIpc) is 2.85. The van der Waals surface area contributed by atoms with Crippen LogP contribution in [0.5, 0.6) is 0 Å². The maximum atomic E-state index is 11.4. The predicted octanol–water partition coefficient (Wildman–Crippen LogP) is 0.0782. The van der Waals surface area contributed by atoms with Crippen molar-refractivity contribution in [2.45, 2.75) is 26.8 Å². The highest BCUT2D eigenvalue weighted by atomic mass is 16.4. The van der Waals surface area contributed by atoms with Crippen LogP contribution < -0.4 is 10.6 Å². The molecule has 3 N–H and O–H groups in total. The molecule has 0 saturated carbocycles. The second kappa shape index (κ2) is 6.72. The molecule has 0 spiro atoms. The van der Waals surface area contributed by atoms with Gasteiger partial charge in [-0.1, -0.05) is 5.21 Å². The van der Waals surface area contributed by atoms with E-state index in [1.54, 1.807) is 30.9 Å². The van der Waals surface area contributed by atoms with Crippen molar-refractivity contribution < 1.29 is 14.7 Å². The molecule has 0 unspecified atom stereocenters. The third-order valence-electron chi connectivity index (χ3n) is 2.59. The lowest BCUT2D eigenvalue weighted by atomic mass is 9.94. The molecule has 0 aliphatic heterocycles. The van der Waals surface area contributed by atoms with Crippen molar-refractivity contribution >= 4 is 12.0 Å². The zero-order valence-corrected chi connectivity index (χ0v) is 11.1. The van der Waals surface area contributed by atoms with Gasteiger partial charge in [-0.2, -0.15) is 0 Å². The molecule has 1 rings (SSSR count). The fourth-order valence-corrected chi connectivity index (χ4v) is 1.23. The average molecular weight is 269 g/mol. The zero-order valence-electron chi connectivity index (χ0n) is 11.1. The van der Waals surface area contributed by atoms with Gasteiger partial charge >= 0.3 is 12.0 Å². The van der Waals surface area contributed by atoms with E-state index in [4.69, 9.17) is 5.11 Å². The minimum atomic E-state index is -0.974. The quantitative estimate of drug-likeness (QED) is 0.607. The third kappa shape index (κ3) is 5.36. The number of hydrogen-bond acceptors (Lipinski definition) is 4. The summed E-state index contributed by atoms with van der Waals surface area (Å²) in [5.74, 6) is -0.945. The van der Waals surface area contributed by atoms with Crippen molar-refractivity contribution in [3.8, 4) is 0 Å². The van der Waals surface area contributed by atoms with Crippen LogP contribution in [0.15, 0.2) is 12.4 Å². The van der Waals surface area contributed by atoms with Crippen molar-refractivity contribution in [1.82, 2.24) is 25.6 Å². The Kier molecular flexibility index (Phi) is 5.28. The Labute approximate surface area is 111 Å². The lowest BCUT2D eigenvalue weighted by Crippen LogP contribution is -2.43. The summed E-state index contributed by atoms with van der Waals surface area (Å²) in [6.45, 7) is 4.35. The SMILES string of the molecule is CC(C)(CNC(=O)NCCCn1ccnn1)C(=O)O. The number of carboxylic acids is 1. The molecule has 2 amide bonds. The molecule has 0 fully saturated rings. The van der Waals surface area contributed by atoms with Crippen molar-refractivity contribution in [3.63, 3.8) is 0 Å². The van der Waals surface area contributed by atoms with Crippen LogP contribution >= 0.6 is 0 Å². The molecule has 1 aromatic heterocycles. The number of nitrogens with one attached hydrogen (secondary N) is 2. The predicted molar refractivity (Wildman–Crippen MR) is 67.5 cm³/mol. The van der Waals surface area contributed by atoms with E-state index in [0.29, 0.717) is 13.1 Å². The number of aliphatic carboxylic acids is 1. The Morgan fingerprint density at radius 2 is 2.11 bits per heavy atom. The summed E-state index contributed by atoms with van der Waals surface area (Å²) in [7, 11) is 0. The maximum absolute atomic E-state index is 11.4. The molecule has 0 saturated heterocycles. The largest absolute Gasteiger partial charge is 0.481 e. The highest BCUT2D eigenvalue weighted by Crippen LogP contribution is 2.12. The van der Waals surface area contributed by atoms with Gasteiger partial charge in [0.05, 0.1) is 11.6 Å². The van der Waals surface area contributed by atoms with Gasteiger partial charge in [0.2, 0.25) is 0 Å². The highest BCUT2D eigenvalue weighted by Gasteiger charge is 2.27. The Hall–Kier alpha value is -2.12. The summed E-state index contributed by atoms with van der Waals surface area (Å²) in [6.07, 6.45) is 4.06. The number of amides is 2. The van der Waals surface area contributed by atoms with Gasteiger partial charge in [-0.3, -0.25) is 9.48 Å². The maximum Gasteiger partial charge on any atom is 0.314 e. The second-order valence-electron chi connectivity index (χ2n) is 4.82. The number of hydrogen-bond donors (Lipinski definition) is 3. The molecule has 1 aromatic rings. The summed E-state index contributed by atoms with van der Waals surface area (Å²) in [6, 6.07) is -0.368. The van der Waals surface area contributed by atoms with Crippen LogP contribution in [-0.2, 0) is 11.3 Å². The van der Waals surface area contributed by atoms with Crippen LogP contribution in [0.25, 0.3) is 0 Å². The normalized spacial score (nSPS) is 11.1. The molecular weight excluding hydrogens is 250 g/mol. The second-order valence-corrected chi connectivity index (χ2v) is 4.82. The Morgan fingerprint density at radius 3 is 2.68 bits per heavy atom. The van der Waals surface area contributed by atoms with E-state index in [9.17, 15) is 9.59 Å². The number of carbonyl (C=O) groups is 2. The van der Waals surface area contributed by atoms with E-state index >= 15 is 0 Å². The standard InChI is InChI=1S/C11H19N5O3/c1-11(2,9(17)18)8-13-10(19)12-4-3-6-16-7-5-14-15-16/h5,7H,3-4,6,8H2,1-2H3,(H,17,18)(H2,12,13,19). The molecule has 8 heteroatoms. The van der Waals surface area contributed by atoms with Gasteiger partial charge in [0.1, 0.15) is 0 Å².